The van der Waals surface area contributed by atoms with Crippen molar-refractivity contribution >= 4 is 28.1 Å². The number of halogens is 1. The Hall–Kier alpha value is -3.76. The van der Waals surface area contributed by atoms with Gasteiger partial charge in [-0.3, -0.25) is 9.78 Å². The summed E-state index contributed by atoms with van der Waals surface area (Å²) in [6.45, 7) is -10.7. The first-order valence-corrected chi connectivity index (χ1v) is 9.62. The third-order valence-corrected chi connectivity index (χ3v) is 4.59. The number of fused-ring (bicyclic) bond motifs is 1. The number of nitrogens with zero attached hydrogens (tertiary/aromatic N) is 3. The molecule has 1 aromatic heterocycles. The van der Waals surface area contributed by atoms with Crippen LogP contribution < -0.4 is 10.1 Å². The van der Waals surface area contributed by atoms with Crippen LogP contribution in [0.3, 0.4) is 0 Å². The molecule has 3 aromatic rings. The van der Waals surface area contributed by atoms with Crippen LogP contribution in [-0.2, 0) is 11.2 Å². The van der Waals surface area contributed by atoms with Crippen LogP contribution in [0.2, 0.25) is 0 Å². The molecule has 0 aliphatic carbocycles. The van der Waals surface area contributed by atoms with Crippen LogP contribution in [0.15, 0.2) is 48.7 Å². The number of anilines is 2. The number of carbonyl (C=O) groups excluding carboxylic acids is 1. The summed E-state index contributed by atoms with van der Waals surface area (Å²) in [5.41, 5.74) is 0.909. The van der Waals surface area contributed by atoms with E-state index >= 15 is 0 Å². The molecule has 7 heteroatoms. The highest BCUT2D eigenvalue weighted by Gasteiger charge is 2.16. The van der Waals surface area contributed by atoms with E-state index in [0.29, 0.717) is 22.2 Å². The molecule has 0 unspecified atom stereocenters. The molecular formula is C26H27FN4O2. The Kier molecular flexibility index (Phi) is 4.24. The number of likely N-dealkylation sites (N-methyl/N-ethyl adjacent to an activating group) is 1. The van der Waals surface area contributed by atoms with Gasteiger partial charge < -0.3 is 15.0 Å². The van der Waals surface area contributed by atoms with E-state index < -0.39 is 56.7 Å². The molecule has 0 saturated carbocycles. The van der Waals surface area contributed by atoms with Crippen molar-refractivity contribution in [2.45, 2.75) is 20.2 Å². The molecule has 0 aliphatic rings. The number of allylic oxidation sites excluding steroid dienone is 1. The molecule has 0 amide bonds. The number of ether oxygens (including phenoxy) is 1. The molecule has 6 nitrogen and oxygen atoms in total. The van der Waals surface area contributed by atoms with Crippen LogP contribution in [0, 0.1) is 24.1 Å². The fourth-order valence-electron chi connectivity index (χ4n) is 3.09. The first kappa shape index (κ1) is 13.1. The largest absolute Gasteiger partial charge is 0.494 e. The minimum absolute atomic E-state index is 0.0393. The standard InChI is InChI=1S/C26H27FN4O2/c1-5-33-25-14-24-22(13-18(25)12-21(32)7-6-10-31(3)4)26(19(15-28)16-29-24)30-20-8-9-23(27)17(2)11-20/h6-9,11,13-14,16H,5,10,12H2,1-4H3,(H,29,30)/b7-6+/i1D3,3D3,5D2,6D,10D2. The lowest BCUT2D eigenvalue weighted by Crippen LogP contribution is -2.11. The number of carbonyl (C=O) groups is 1. The third kappa shape index (κ3) is 5.93. The minimum atomic E-state index is -3.25. The maximum Gasteiger partial charge on any atom is 0.159 e. The Bertz CT molecular complexity index is 1660. The number of pyridine rings is 1. The number of hydrogen-bond acceptors (Lipinski definition) is 6. The third-order valence-electron chi connectivity index (χ3n) is 4.59. The van der Waals surface area contributed by atoms with E-state index in [1.807, 2.05) is 6.07 Å². The summed E-state index contributed by atoms with van der Waals surface area (Å²) in [6.07, 6.45) is 1.09. The summed E-state index contributed by atoms with van der Waals surface area (Å²) in [6, 6.07) is 7.58. The molecule has 0 spiro atoms. The molecule has 0 atom stereocenters. The quantitative estimate of drug-likeness (QED) is 0.459. The van der Waals surface area contributed by atoms with E-state index in [4.69, 9.17) is 19.8 Å². The normalized spacial score (nSPS) is 18.0. The van der Waals surface area contributed by atoms with Gasteiger partial charge in [-0.2, -0.15) is 5.26 Å². The first-order valence-electron chi connectivity index (χ1n) is 15.1. The molecule has 0 radical (unpaired) electrons. The smallest absolute Gasteiger partial charge is 0.159 e. The first-order chi connectivity index (χ1) is 20.1. The molecule has 3 rings (SSSR count). The van der Waals surface area contributed by atoms with Gasteiger partial charge in [0, 0.05) is 52.8 Å². The van der Waals surface area contributed by atoms with E-state index in [9.17, 15) is 14.4 Å². The number of hydrogen-bond donors (Lipinski definition) is 1. The van der Waals surface area contributed by atoms with Gasteiger partial charge in [0.1, 0.15) is 17.6 Å². The number of rotatable bonds is 9. The summed E-state index contributed by atoms with van der Waals surface area (Å²) in [5.74, 6) is -1.79. The van der Waals surface area contributed by atoms with Gasteiger partial charge in [0.05, 0.1) is 27.4 Å². The Balaban J connectivity index is 2.19. The van der Waals surface area contributed by atoms with Crippen molar-refractivity contribution in [1.82, 2.24) is 9.88 Å². The summed E-state index contributed by atoms with van der Waals surface area (Å²) >= 11 is 0. The van der Waals surface area contributed by atoms with Gasteiger partial charge in [-0.15, -0.1) is 0 Å². The predicted octanol–water partition coefficient (Wildman–Crippen LogP) is 4.93. The highest BCUT2D eigenvalue weighted by molar-refractivity contribution is 5.98. The average molecular weight is 458 g/mol. The van der Waals surface area contributed by atoms with Gasteiger partial charge in [-0.1, -0.05) is 6.05 Å². The maximum atomic E-state index is 13.9. The van der Waals surface area contributed by atoms with E-state index in [2.05, 4.69) is 10.3 Å². The van der Waals surface area contributed by atoms with Crippen LogP contribution in [-0.4, -0.2) is 42.7 Å². The van der Waals surface area contributed by atoms with Crippen LogP contribution in [0.1, 0.15) is 38.6 Å². The number of nitrogens with one attached hydrogen (secondary N) is 1. The predicted molar refractivity (Wildman–Crippen MR) is 128 cm³/mol. The van der Waals surface area contributed by atoms with E-state index in [0.717, 1.165) is 13.1 Å². The van der Waals surface area contributed by atoms with Gasteiger partial charge in [-0.05, 0) is 63.7 Å². The molecule has 1 heterocycles. The molecule has 0 aliphatic heterocycles. The van der Waals surface area contributed by atoms with E-state index in [-0.39, 0.29) is 27.7 Å². The summed E-state index contributed by atoms with van der Waals surface area (Å²) in [4.78, 5) is 17.5. The van der Waals surface area contributed by atoms with Gasteiger partial charge in [0.25, 0.3) is 0 Å². The molecule has 170 valence electrons. The highest BCUT2D eigenvalue weighted by Crippen LogP contribution is 2.34. The van der Waals surface area contributed by atoms with Crippen molar-refractivity contribution in [3.05, 3.63) is 71.2 Å². The number of aromatic nitrogens is 1. The molecule has 1 N–H and O–H groups in total. The molecule has 0 saturated heterocycles. The molecule has 0 bridgehead atoms. The van der Waals surface area contributed by atoms with Crippen LogP contribution in [0.25, 0.3) is 10.9 Å². The number of aryl methyl sites for hydroxylation is 1. The highest BCUT2D eigenvalue weighted by atomic mass is 19.1. The summed E-state index contributed by atoms with van der Waals surface area (Å²) < 4.78 is 104. The molecule has 0 fully saturated rings. The van der Waals surface area contributed by atoms with E-state index in [1.165, 1.54) is 37.4 Å². The molecule has 33 heavy (non-hydrogen) atoms. The maximum absolute atomic E-state index is 13.9. The number of benzene rings is 2. The lowest BCUT2D eigenvalue weighted by atomic mass is 10.0. The zero-order valence-electron chi connectivity index (χ0n) is 28.8. The molecular weight excluding hydrogens is 419 g/mol. The second kappa shape index (κ2) is 10.7. The molecule has 2 aromatic carbocycles. The topological polar surface area (TPSA) is 78.2 Å². The van der Waals surface area contributed by atoms with Crippen molar-refractivity contribution in [2.75, 3.05) is 32.4 Å². The van der Waals surface area contributed by atoms with Gasteiger partial charge >= 0.3 is 0 Å². The lowest BCUT2D eigenvalue weighted by Gasteiger charge is -2.15. The SMILES string of the molecule is [2H]/C(=C\C(=O)Cc1cc2c(Nc3ccc(F)c(C)c3)c(C#N)cnc2cc1OC([2H])([2H])C([2H])([2H])[2H])C([2H])([2H])N(C)C([2H])([2H])[2H]. The fourth-order valence-corrected chi connectivity index (χ4v) is 3.09. The second-order valence-electron chi connectivity index (χ2n) is 7.03. The Morgan fingerprint density at radius 1 is 1.45 bits per heavy atom. The summed E-state index contributed by atoms with van der Waals surface area (Å²) in [7, 11) is 0.920. The summed E-state index contributed by atoms with van der Waals surface area (Å²) in [5, 5.41) is 13.0. The monoisotopic (exact) mass is 457 g/mol. The number of ketones is 1. The Morgan fingerprint density at radius 2 is 2.30 bits per heavy atom. The zero-order valence-corrected chi connectivity index (χ0v) is 17.8. The van der Waals surface area contributed by atoms with Crippen molar-refractivity contribution in [2.24, 2.45) is 0 Å². The Morgan fingerprint density at radius 3 is 3.03 bits per heavy atom. The average Bonchev–Trinajstić information content (AvgIpc) is 2.89. The van der Waals surface area contributed by atoms with Crippen molar-refractivity contribution in [3.8, 4) is 11.8 Å². The van der Waals surface area contributed by atoms with Gasteiger partial charge in [0.15, 0.2) is 5.78 Å². The lowest BCUT2D eigenvalue weighted by molar-refractivity contribution is -0.114. The van der Waals surface area contributed by atoms with Gasteiger partial charge in [-0.25, -0.2) is 4.39 Å². The fraction of sp³-hybridized carbons (Fsp3) is 0.269. The number of nitriles is 1. The van der Waals surface area contributed by atoms with Crippen LogP contribution in [0.4, 0.5) is 15.8 Å². The van der Waals surface area contributed by atoms with Crippen molar-refractivity contribution < 1.29 is 29.0 Å². The Labute approximate surface area is 208 Å². The zero-order chi connectivity index (χ0) is 33.4. The van der Waals surface area contributed by atoms with E-state index in [1.54, 1.807) is 0 Å². The van der Waals surface area contributed by atoms with Crippen molar-refractivity contribution in [3.63, 3.8) is 0 Å². The van der Waals surface area contributed by atoms with Gasteiger partial charge in [0.2, 0.25) is 0 Å². The minimum Gasteiger partial charge on any atom is -0.494 e. The van der Waals surface area contributed by atoms with Crippen LogP contribution >= 0.6 is 0 Å². The van der Waals surface area contributed by atoms with Crippen LogP contribution in [0.5, 0.6) is 5.75 Å². The second-order valence-corrected chi connectivity index (χ2v) is 7.03. The van der Waals surface area contributed by atoms with Crippen molar-refractivity contribution in [1.29, 1.82) is 5.26 Å².